The fraction of sp³-hybridized carbons (Fsp3) is 0.391. The van der Waals surface area contributed by atoms with Crippen LogP contribution < -0.4 is 10.5 Å². The van der Waals surface area contributed by atoms with Crippen LogP contribution in [0.5, 0.6) is 5.75 Å². The van der Waals surface area contributed by atoms with Crippen molar-refractivity contribution in [2.45, 2.75) is 19.1 Å². The van der Waals surface area contributed by atoms with Crippen LogP contribution in [0.2, 0.25) is 0 Å². The first-order valence-electron chi connectivity index (χ1n) is 10.6. The number of carbonyl (C=O) groups is 1. The lowest BCUT2D eigenvalue weighted by Gasteiger charge is -2.38. The second-order valence-electron chi connectivity index (χ2n) is 8.02. The van der Waals surface area contributed by atoms with Crippen molar-refractivity contribution in [1.82, 2.24) is 14.8 Å². The molecule has 0 bridgehead atoms. The van der Waals surface area contributed by atoms with Crippen LogP contribution in [0.4, 0.5) is 4.39 Å². The van der Waals surface area contributed by atoms with Gasteiger partial charge in [0.1, 0.15) is 30.3 Å². The molecule has 0 saturated carbocycles. The lowest BCUT2D eigenvalue weighted by molar-refractivity contribution is -0.124. The molecule has 4 rings (SSSR count). The number of piperazine rings is 1. The summed E-state index contributed by atoms with van der Waals surface area (Å²) in [4.78, 5) is 20.7. The number of β-amino-alcohol motifs (C(OH)–C–C–N with tert-alkyl or cyclic N) is 1. The van der Waals surface area contributed by atoms with Gasteiger partial charge in [0.05, 0.1) is 15.2 Å². The molecule has 0 aliphatic carbocycles. The Morgan fingerprint density at radius 2 is 1.94 bits per heavy atom. The van der Waals surface area contributed by atoms with Gasteiger partial charge in [-0.25, -0.2) is 9.37 Å². The number of aliphatic hydroxyl groups excluding tert-OH is 1. The summed E-state index contributed by atoms with van der Waals surface area (Å²) in [6.45, 7) is 5.26. The number of amides is 1. The third-order valence-corrected chi connectivity index (χ3v) is 6.56. The Morgan fingerprint density at radius 3 is 2.62 bits per heavy atom. The molecule has 1 aliphatic heterocycles. The van der Waals surface area contributed by atoms with Gasteiger partial charge in [0.2, 0.25) is 5.91 Å². The predicted octanol–water partition coefficient (Wildman–Crippen LogP) is 2.33. The van der Waals surface area contributed by atoms with Crippen molar-refractivity contribution in [3.8, 4) is 5.75 Å². The van der Waals surface area contributed by atoms with E-state index in [9.17, 15) is 14.3 Å². The van der Waals surface area contributed by atoms with Gasteiger partial charge in [-0.2, -0.15) is 0 Å². The molecule has 7 nitrogen and oxygen atoms in total. The Morgan fingerprint density at radius 1 is 1.22 bits per heavy atom. The van der Waals surface area contributed by atoms with E-state index in [1.165, 1.54) is 12.1 Å². The van der Waals surface area contributed by atoms with E-state index in [1.54, 1.807) is 23.5 Å². The zero-order valence-electron chi connectivity index (χ0n) is 17.9. The Hall–Kier alpha value is -2.59. The highest BCUT2D eigenvalue weighted by molar-refractivity contribution is 7.18. The second-order valence-corrected chi connectivity index (χ2v) is 9.26. The lowest BCUT2D eigenvalue weighted by Crippen LogP contribution is -2.52. The van der Waals surface area contributed by atoms with Crippen LogP contribution in [0.25, 0.3) is 10.2 Å². The van der Waals surface area contributed by atoms with Gasteiger partial charge in [0.15, 0.2) is 0 Å². The van der Waals surface area contributed by atoms with E-state index in [4.69, 9.17) is 10.5 Å². The Labute approximate surface area is 190 Å². The van der Waals surface area contributed by atoms with E-state index in [0.29, 0.717) is 44.0 Å². The Kier molecular flexibility index (Phi) is 7.00. The first kappa shape index (κ1) is 22.6. The molecule has 1 aromatic heterocycles. The minimum absolute atomic E-state index is 0.189. The van der Waals surface area contributed by atoms with Crippen LogP contribution in [0, 0.1) is 12.7 Å². The van der Waals surface area contributed by atoms with Gasteiger partial charge in [-0.1, -0.05) is 12.1 Å². The van der Waals surface area contributed by atoms with E-state index >= 15 is 0 Å². The fourth-order valence-electron chi connectivity index (χ4n) is 4.06. The van der Waals surface area contributed by atoms with Crippen LogP contribution in [0.1, 0.15) is 16.6 Å². The van der Waals surface area contributed by atoms with Crippen molar-refractivity contribution in [2.75, 3.05) is 39.3 Å². The van der Waals surface area contributed by atoms with Crippen LogP contribution in [-0.2, 0) is 4.79 Å². The average molecular weight is 459 g/mol. The number of aromatic nitrogens is 1. The number of ether oxygens (including phenoxy) is 1. The molecular formula is C23H27FN4O3S. The van der Waals surface area contributed by atoms with Gasteiger partial charge >= 0.3 is 0 Å². The quantitative estimate of drug-likeness (QED) is 0.538. The van der Waals surface area contributed by atoms with Crippen molar-refractivity contribution < 1.29 is 19.0 Å². The Bertz CT molecular complexity index is 1070. The summed E-state index contributed by atoms with van der Waals surface area (Å²) in [7, 11) is 0. The van der Waals surface area contributed by atoms with Crippen LogP contribution in [0.3, 0.4) is 0 Å². The molecule has 3 N–H and O–H groups in total. The molecule has 3 aromatic rings. The molecule has 0 spiro atoms. The van der Waals surface area contributed by atoms with Crippen LogP contribution in [-0.4, -0.2) is 71.2 Å². The summed E-state index contributed by atoms with van der Waals surface area (Å²) < 4.78 is 20.1. The highest BCUT2D eigenvalue weighted by Gasteiger charge is 2.29. The van der Waals surface area contributed by atoms with E-state index < -0.39 is 18.1 Å². The van der Waals surface area contributed by atoms with Gasteiger partial charge in [-0.05, 0) is 36.8 Å². The van der Waals surface area contributed by atoms with Gasteiger partial charge in [0.25, 0.3) is 0 Å². The molecular weight excluding hydrogens is 431 g/mol. The van der Waals surface area contributed by atoms with Crippen LogP contribution in [0.15, 0.2) is 42.5 Å². The van der Waals surface area contributed by atoms with Gasteiger partial charge in [0, 0.05) is 38.8 Å². The molecule has 2 atom stereocenters. The molecule has 2 aromatic carbocycles. The standard InChI is InChI=1S/C23H27FN4O3S/c1-15-26-20-12-19(6-7-21(20)32-15)31-14-18(29)13-27-8-10-28(11-9-27)22(23(25)30)16-2-4-17(24)5-3-16/h2-7,12,18,22,29H,8-11,13-14H2,1H3,(H2,25,30)/t18-,22?/m1/s1. The molecule has 1 amide bonds. The highest BCUT2D eigenvalue weighted by atomic mass is 32.1. The maximum atomic E-state index is 13.2. The number of fused-ring (bicyclic) bond motifs is 1. The summed E-state index contributed by atoms with van der Waals surface area (Å²) in [5, 5.41) is 11.5. The maximum absolute atomic E-state index is 13.2. The third kappa shape index (κ3) is 5.42. The summed E-state index contributed by atoms with van der Waals surface area (Å²) >= 11 is 1.64. The summed E-state index contributed by atoms with van der Waals surface area (Å²) in [6, 6.07) is 11.1. The van der Waals surface area contributed by atoms with Crippen molar-refractivity contribution in [3.63, 3.8) is 0 Å². The number of primary amides is 1. The van der Waals surface area contributed by atoms with Crippen molar-refractivity contribution >= 4 is 27.5 Å². The molecule has 1 saturated heterocycles. The topological polar surface area (TPSA) is 91.9 Å². The number of rotatable bonds is 8. The number of thiazole rings is 1. The number of carbonyl (C=O) groups excluding carboxylic acids is 1. The number of hydrogen-bond acceptors (Lipinski definition) is 7. The molecule has 1 fully saturated rings. The number of nitrogens with zero attached hydrogens (tertiary/aromatic N) is 3. The molecule has 1 unspecified atom stereocenters. The van der Waals surface area contributed by atoms with Crippen LogP contribution >= 0.6 is 11.3 Å². The molecule has 9 heteroatoms. The fourth-order valence-corrected chi connectivity index (χ4v) is 4.87. The Balaban J connectivity index is 1.27. The molecule has 0 radical (unpaired) electrons. The molecule has 1 aliphatic rings. The minimum Gasteiger partial charge on any atom is -0.491 e. The molecule has 170 valence electrons. The number of nitrogens with two attached hydrogens (primary N) is 1. The summed E-state index contributed by atoms with van der Waals surface area (Å²) in [5.74, 6) is -0.111. The van der Waals surface area contributed by atoms with Gasteiger partial charge in [-0.15, -0.1) is 11.3 Å². The van der Waals surface area contributed by atoms with E-state index in [0.717, 1.165) is 15.2 Å². The smallest absolute Gasteiger partial charge is 0.239 e. The average Bonchev–Trinajstić information content (AvgIpc) is 3.14. The molecule has 32 heavy (non-hydrogen) atoms. The normalized spacial score (nSPS) is 17.3. The second kappa shape index (κ2) is 9.91. The number of aliphatic hydroxyl groups is 1. The molecule has 2 heterocycles. The zero-order chi connectivity index (χ0) is 22.7. The minimum atomic E-state index is -0.640. The van der Waals surface area contributed by atoms with Crippen molar-refractivity contribution in [2.24, 2.45) is 5.73 Å². The number of halogens is 1. The number of hydrogen-bond donors (Lipinski definition) is 2. The van der Waals surface area contributed by atoms with Crippen molar-refractivity contribution in [3.05, 3.63) is 58.9 Å². The third-order valence-electron chi connectivity index (χ3n) is 5.60. The monoisotopic (exact) mass is 458 g/mol. The first-order valence-corrected chi connectivity index (χ1v) is 11.4. The highest BCUT2D eigenvalue weighted by Crippen LogP contribution is 2.26. The van der Waals surface area contributed by atoms with Gasteiger partial charge in [-0.3, -0.25) is 14.6 Å². The SMILES string of the molecule is Cc1nc2cc(OC[C@H](O)CN3CCN(C(C(N)=O)c4ccc(F)cc4)CC3)ccc2s1. The summed E-state index contributed by atoms with van der Waals surface area (Å²) in [5.41, 5.74) is 7.23. The maximum Gasteiger partial charge on any atom is 0.239 e. The lowest BCUT2D eigenvalue weighted by atomic mass is 10.0. The van der Waals surface area contributed by atoms with E-state index in [-0.39, 0.29) is 12.4 Å². The summed E-state index contributed by atoms with van der Waals surface area (Å²) in [6.07, 6.45) is -0.640. The zero-order valence-corrected chi connectivity index (χ0v) is 18.7. The predicted molar refractivity (Wildman–Crippen MR) is 122 cm³/mol. The number of benzene rings is 2. The van der Waals surface area contributed by atoms with Gasteiger partial charge < -0.3 is 15.6 Å². The van der Waals surface area contributed by atoms with E-state index in [1.807, 2.05) is 30.0 Å². The first-order chi connectivity index (χ1) is 15.4. The number of aryl methyl sites for hydroxylation is 1. The largest absolute Gasteiger partial charge is 0.491 e. The van der Waals surface area contributed by atoms with E-state index in [2.05, 4.69) is 9.88 Å². The van der Waals surface area contributed by atoms with Crippen molar-refractivity contribution in [1.29, 1.82) is 0 Å².